The second kappa shape index (κ2) is 8.21. The standard InChI is InChI=1S/C18H14Cl2N2O4S/c1-9-17(24)22-14-6-10(2-5-15(14)27-9)18(25)26-8-16(23)21-13-4-3-11(19)7-12(13)20/h2-7,9H,8H2,1H3,(H,21,23)(H,22,24). The zero-order valence-corrected chi connectivity index (χ0v) is 16.4. The van der Waals surface area contributed by atoms with Crippen LogP contribution in [0.2, 0.25) is 10.0 Å². The summed E-state index contributed by atoms with van der Waals surface area (Å²) in [5.41, 5.74) is 1.15. The fraction of sp³-hybridized carbons (Fsp3) is 0.167. The van der Waals surface area contributed by atoms with Gasteiger partial charge in [0.15, 0.2) is 6.61 Å². The molecule has 2 N–H and O–H groups in total. The number of thioether (sulfide) groups is 1. The molecule has 2 aromatic carbocycles. The summed E-state index contributed by atoms with van der Waals surface area (Å²) < 4.78 is 5.03. The topological polar surface area (TPSA) is 84.5 Å². The summed E-state index contributed by atoms with van der Waals surface area (Å²) >= 11 is 13.2. The van der Waals surface area contributed by atoms with Crippen LogP contribution in [0.15, 0.2) is 41.3 Å². The van der Waals surface area contributed by atoms with Crippen molar-refractivity contribution < 1.29 is 19.1 Å². The first-order valence-corrected chi connectivity index (χ1v) is 9.50. The third kappa shape index (κ3) is 4.74. The summed E-state index contributed by atoms with van der Waals surface area (Å²) in [6.07, 6.45) is 0. The Kier molecular flexibility index (Phi) is 5.94. The molecule has 0 aliphatic carbocycles. The maximum atomic E-state index is 12.2. The summed E-state index contributed by atoms with van der Waals surface area (Å²) in [7, 11) is 0. The number of rotatable bonds is 4. The molecule has 0 saturated carbocycles. The van der Waals surface area contributed by atoms with E-state index in [1.54, 1.807) is 31.2 Å². The molecule has 1 atom stereocenters. The van der Waals surface area contributed by atoms with E-state index < -0.39 is 18.5 Å². The normalized spacial score (nSPS) is 15.5. The number of hydrogen-bond donors (Lipinski definition) is 2. The van der Waals surface area contributed by atoms with Crippen LogP contribution >= 0.6 is 35.0 Å². The number of fused-ring (bicyclic) bond motifs is 1. The molecule has 2 aromatic rings. The number of nitrogens with one attached hydrogen (secondary N) is 2. The minimum Gasteiger partial charge on any atom is -0.452 e. The van der Waals surface area contributed by atoms with Crippen LogP contribution in [0.1, 0.15) is 17.3 Å². The quantitative estimate of drug-likeness (QED) is 0.717. The van der Waals surface area contributed by atoms with Crippen molar-refractivity contribution in [2.75, 3.05) is 17.2 Å². The van der Waals surface area contributed by atoms with Gasteiger partial charge in [0.25, 0.3) is 5.91 Å². The Morgan fingerprint density at radius 3 is 2.74 bits per heavy atom. The Labute approximate surface area is 169 Å². The Bertz CT molecular complexity index is 936. The molecule has 0 bridgehead atoms. The molecular weight excluding hydrogens is 411 g/mol. The molecule has 0 saturated heterocycles. The number of carbonyl (C=O) groups excluding carboxylic acids is 3. The van der Waals surface area contributed by atoms with Gasteiger partial charge in [-0.3, -0.25) is 9.59 Å². The molecular formula is C18H14Cl2N2O4S. The Morgan fingerprint density at radius 2 is 2.00 bits per heavy atom. The van der Waals surface area contributed by atoms with Crippen LogP contribution in [0.5, 0.6) is 0 Å². The van der Waals surface area contributed by atoms with Gasteiger partial charge in [0.2, 0.25) is 5.91 Å². The maximum absolute atomic E-state index is 12.2. The lowest BCUT2D eigenvalue weighted by Gasteiger charge is -2.21. The first kappa shape index (κ1) is 19.5. The first-order valence-electron chi connectivity index (χ1n) is 7.87. The van der Waals surface area contributed by atoms with E-state index in [9.17, 15) is 14.4 Å². The van der Waals surface area contributed by atoms with Gasteiger partial charge in [-0.25, -0.2) is 4.79 Å². The fourth-order valence-corrected chi connectivity index (χ4v) is 3.71. The highest BCUT2D eigenvalue weighted by atomic mass is 35.5. The molecule has 1 aliphatic heterocycles. The van der Waals surface area contributed by atoms with Gasteiger partial charge in [0.05, 0.1) is 27.2 Å². The van der Waals surface area contributed by atoms with Crippen molar-refractivity contribution in [2.45, 2.75) is 17.1 Å². The van der Waals surface area contributed by atoms with Gasteiger partial charge in [-0.1, -0.05) is 23.2 Å². The van der Waals surface area contributed by atoms with Gasteiger partial charge < -0.3 is 15.4 Å². The zero-order chi connectivity index (χ0) is 19.6. The molecule has 3 rings (SSSR count). The Hall–Kier alpha value is -2.22. The van der Waals surface area contributed by atoms with Crippen LogP contribution in [0.3, 0.4) is 0 Å². The van der Waals surface area contributed by atoms with Crippen molar-refractivity contribution in [1.82, 2.24) is 0 Å². The van der Waals surface area contributed by atoms with Crippen LogP contribution in [0.25, 0.3) is 0 Å². The Morgan fingerprint density at radius 1 is 1.22 bits per heavy atom. The average Bonchev–Trinajstić information content (AvgIpc) is 2.62. The maximum Gasteiger partial charge on any atom is 0.338 e. The second-order valence-corrected chi connectivity index (χ2v) is 7.94. The number of hydrogen-bond acceptors (Lipinski definition) is 5. The highest BCUT2D eigenvalue weighted by molar-refractivity contribution is 8.00. The van der Waals surface area contributed by atoms with E-state index in [2.05, 4.69) is 10.6 Å². The summed E-state index contributed by atoms with van der Waals surface area (Å²) in [4.78, 5) is 36.8. The van der Waals surface area contributed by atoms with Gasteiger partial charge in [-0.05, 0) is 43.3 Å². The van der Waals surface area contributed by atoms with Crippen molar-refractivity contribution >= 4 is 64.1 Å². The molecule has 9 heteroatoms. The van der Waals surface area contributed by atoms with Crippen LogP contribution in [0.4, 0.5) is 11.4 Å². The largest absolute Gasteiger partial charge is 0.452 e. The van der Waals surface area contributed by atoms with E-state index in [-0.39, 0.29) is 21.7 Å². The Balaban J connectivity index is 1.60. The van der Waals surface area contributed by atoms with Gasteiger partial charge >= 0.3 is 5.97 Å². The van der Waals surface area contributed by atoms with Gasteiger partial charge in [0, 0.05) is 9.92 Å². The van der Waals surface area contributed by atoms with Crippen LogP contribution in [-0.4, -0.2) is 29.6 Å². The lowest BCUT2D eigenvalue weighted by Crippen LogP contribution is -2.26. The van der Waals surface area contributed by atoms with Crippen molar-refractivity contribution in [2.24, 2.45) is 0 Å². The first-order chi connectivity index (χ1) is 12.8. The minimum absolute atomic E-state index is 0.128. The van der Waals surface area contributed by atoms with Crippen molar-refractivity contribution in [1.29, 1.82) is 0 Å². The average molecular weight is 425 g/mol. The van der Waals surface area contributed by atoms with Crippen LogP contribution in [-0.2, 0) is 14.3 Å². The lowest BCUT2D eigenvalue weighted by atomic mass is 10.2. The van der Waals surface area contributed by atoms with Crippen molar-refractivity contribution in [3.05, 3.63) is 52.0 Å². The second-order valence-electron chi connectivity index (χ2n) is 5.71. The smallest absolute Gasteiger partial charge is 0.338 e. The molecule has 1 unspecified atom stereocenters. The van der Waals surface area contributed by atoms with Crippen molar-refractivity contribution in [3.63, 3.8) is 0 Å². The number of halogens is 2. The van der Waals surface area contributed by atoms with Gasteiger partial charge in [-0.15, -0.1) is 11.8 Å². The van der Waals surface area contributed by atoms with Crippen LogP contribution in [0, 0.1) is 0 Å². The SMILES string of the molecule is CC1Sc2ccc(C(=O)OCC(=O)Nc3ccc(Cl)cc3Cl)cc2NC1=O. The summed E-state index contributed by atoms with van der Waals surface area (Å²) in [5.74, 6) is -1.34. The van der Waals surface area contributed by atoms with E-state index in [1.807, 2.05) is 0 Å². The lowest BCUT2D eigenvalue weighted by molar-refractivity contribution is -0.119. The number of carbonyl (C=O) groups is 3. The van der Waals surface area contributed by atoms with Crippen molar-refractivity contribution in [3.8, 4) is 0 Å². The molecule has 0 spiro atoms. The van der Waals surface area contributed by atoms with E-state index in [1.165, 1.54) is 23.9 Å². The molecule has 0 fully saturated rings. The number of amides is 2. The highest BCUT2D eigenvalue weighted by Crippen LogP contribution is 2.36. The fourth-order valence-electron chi connectivity index (χ4n) is 2.33. The molecule has 0 radical (unpaired) electrons. The zero-order valence-electron chi connectivity index (χ0n) is 14.0. The molecule has 140 valence electrons. The van der Waals surface area contributed by atoms with Crippen LogP contribution < -0.4 is 10.6 Å². The van der Waals surface area contributed by atoms with E-state index in [0.717, 1.165) is 4.90 Å². The molecule has 27 heavy (non-hydrogen) atoms. The van der Waals surface area contributed by atoms with E-state index in [0.29, 0.717) is 16.4 Å². The molecule has 6 nitrogen and oxygen atoms in total. The van der Waals surface area contributed by atoms with E-state index >= 15 is 0 Å². The summed E-state index contributed by atoms with van der Waals surface area (Å²) in [6, 6.07) is 9.48. The predicted molar refractivity (Wildman–Crippen MR) is 106 cm³/mol. The van der Waals surface area contributed by atoms with Gasteiger partial charge in [0.1, 0.15) is 0 Å². The summed E-state index contributed by atoms with van der Waals surface area (Å²) in [5, 5.41) is 5.80. The minimum atomic E-state index is -0.673. The molecule has 0 aromatic heterocycles. The predicted octanol–water partition coefficient (Wildman–Crippen LogP) is 4.22. The molecule has 1 aliphatic rings. The van der Waals surface area contributed by atoms with E-state index in [4.69, 9.17) is 27.9 Å². The number of anilines is 2. The third-order valence-corrected chi connectivity index (χ3v) is 5.41. The monoisotopic (exact) mass is 424 g/mol. The number of benzene rings is 2. The number of esters is 1. The highest BCUT2D eigenvalue weighted by Gasteiger charge is 2.24. The number of ether oxygens (including phenoxy) is 1. The molecule has 2 amide bonds. The summed E-state index contributed by atoms with van der Waals surface area (Å²) in [6.45, 7) is 1.32. The van der Waals surface area contributed by atoms with Gasteiger partial charge in [-0.2, -0.15) is 0 Å². The third-order valence-electron chi connectivity index (χ3n) is 3.69. The molecule has 1 heterocycles.